The van der Waals surface area contributed by atoms with Crippen LogP contribution in [0.5, 0.6) is 0 Å². The number of hydrogen-bond acceptors (Lipinski definition) is 2. The summed E-state index contributed by atoms with van der Waals surface area (Å²) in [7, 11) is 0. The molecule has 0 radical (unpaired) electrons. The zero-order valence-electron chi connectivity index (χ0n) is 10.8. The van der Waals surface area contributed by atoms with Crippen LogP contribution in [-0.4, -0.2) is 27.6 Å². The Morgan fingerprint density at radius 3 is 2.83 bits per heavy atom. The Morgan fingerprint density at radius 2 is 2.22 bits per heavy atom. The molecule has 0 saturated heterocycles. The Hall–Kier alpha value is -1.78. The number of aromatic carboxylic acids is 1. The van der Waals surface area contributed by atoms with Crippen molar-refractivity contribution in [1.82, 2.24) is 9.88 Å². The highest BCUT2D eigenvalue weighted by molar-refractivity contribution is 5.86. The number of amides is 1. The van der Waals surface area contributed by atoms with Gasteiger partial charge in [-0.2, -0.15) is 0 Å². The molecule has 0 aliphatic heterocycles. The minimum absolute atomic E-state index is 0.0467. The normalized spacial score (nSPS) is 12.1. The Kier molecular flexibility index (Phi) is 5.42. The first-order valence-electron chi connectivity index (χ1n) is 6.22. The van der Waals surface area contributed by atoms with Crippen LogP contribution in [0.15, 0.2) is 18.3 Å². The minimum Gasteiger partial charge on any atom is -0.477 e. The third-order valence-corrected chi connectivity index (χ3v) is 2.76. The summed E-state index contributed by atoms with van der Waals surface area (Å²) in [6, 6.07) is 3.23. The fourth-order valence-corrected chi connectivity index (χ4v) is 1.80. The lowest BCUT2D eigenvalue weighted by atomic mass is 10.1. The van der Waals surface area contributed by atoms with E-state index >= 15 is 0 Å². The zero-order valence-corrected chi connectivity index (χ0v) is 10.8. The van der Waals surface area contributed by atoms with Crippen LogP contribution < -0.4 is 5.32 Å². The predicted molar refractivity (Wildman–Crippen MR) is 68.5 cm³/mol. The largest absolute Gasteiger partial charge is 0.477 e. The van der Waals surface area contributed by atoms with Crippen LogP contribution >= 0.6 is 0 Å². The summed E-state index contributed by atoms with van der Waals surface area (Å²) in [5.41, 5.74) is 0.131. The van der Waals surface area contributed by atoms with Crippen molar-refractivity contribution in [3.8, 4) is 0 Å². The maximum absolute atomic E-state index is 11.7. The zero-order chi connectivity index (χ0) is 13.5. The van der Waals surface area contributed by atoms with Crippen molar-refractivity contribution in [2.24, 2.45) is 0 Å². The molecule has 0 aliphatic carbocycles. The molecule has 1 heterocycles. The first-order valence-corrected chi connectivity index (χ1v) is 6.22. The highest BCUT2D eigenvalue weighted by atomic mass is 16.4. The molecule has 1 aromatic heterocycles. The number of carboxylic acid groups (broad SMARTS) is 1. The highest BCUT2D eigenvalue weighted by Crippen LogP contribution is 2.03. The van der Waals surface area contributed by atoms with Gasteiger partial charge in [-0.15, -0.1) is 0 Å². The molecule has 0 saturated carbocycles. The van der Waals surface area contributed by atoms with Crippen molar-refractivity contribution in [2.75, 3.05) is 0 Å². The lowest BCUT2D eigenvalue weighted by Crippen LogP contribution is -2.35. The smallest absolute Gasteiger partial charge is 0.352 e. The van der Waals surface area contributed by atoms with Crippen LogP contribution in [0.25, 0.3) is 0 Å². The van der Waals surface area contributed by atoms with Crippen molar-refractivity contribution in [3.05, 3.63) is 24.0 Å². The van der Waals surface area contributed by atoms with Crippen molar-refractivity contribution >= 4 is 11.9 Å². The Bertz CT molecular complexity index is 412. The Morgan fingerprint density at radius 1 is 1.50 bits per heavy atom. The average Bonchev–Trinajstić information content (AvgIpc) is 2.74. The van der Waals surface area contributed by atoms with Gasteiger partial charge in [0.2, 0.25) is 5.91 Å². The summed E-state index contributed by atoms with van der Waals surface area (Å²) in [5, 5.41) is 11.8. The molecule has 0 spiro atoms. The van der Waals surface area contributed by atoms with E-state index in [9.17, 15) is 9.59 Å². The maximum atomic E-state index is 11.7. The first kappa shape index (κ1) is 14.3. The van der Waals surface area contributed by atoms with Crippen LogP contribution in [0.1, 0.15) is 43.6 Å². The third kappa shape index (κ3) is 4.24. The van der Waals surface area contributed by atoms with Crippen molar-refractivity contribution in [3.63, 3.8) is 0 Å². The van der Waals surface area contributed by atoms with Gasteiger partial charge in [-0.3, -0.25) is 4.79 Å². The molecular weight excluding hydrogens is 232 g/mol. The van der Waals surface area contributed by atoms with Crippen LogP contribution in [0, 0.1) is 0 Å². The van der Waals surface area contributed by atoms with Gasteiger partial charge in [-0.25, -0.2) is 4.79 Å². The molecule has 1 unspecified atom stereocenters. The van der Waals surface area contributed by atoms with Gasteiger partial charge in [-0.05, 0) is 25.5 Å². The SMILES string of the molecule is CCCCC(C)NC(=O)Cn1cccc1C(=O)O. The number of unbranched alkanes of at least 4 members (excludes halogenated alkanes) is 1. The second-order valence-corrected chi connectivity index (χ2v) is 4.44. The molecule has 5 nitrogen and oxygen atoms in total. The molecule has 1 rings (SSSR count). The van der Waals surface area contributed by atoms with E-state index < -0.39 is 5.97 Å². The van der Waals surface area contributed by atoms with Gasteiger partial charge in [0.15, 0.2) is 0 Å². The quantitative estimate of drug-likeness (QED) is 0.778. The van der Waals surface area contributed by atoms with E-state index in [0.717, 1.165) is 19.3 Å². The fourth-order valence-electron chi connectivity index (χ4n) is 1.80. The summed E-state index contributed by atoms with van der Waals surface area (Å²) >= 11 is 0. The predicted octanol–water partition coefficient (Wildman–Crippen LogP) is 1.88. The topological polar surface area (TPSA) is 71.3 Å². The molecule has 1 atom stereocenters. The molecule has 100 valence electrons. The summed E-state index contributed by atoms with van der Waals surface area (Å²) in [6.45, 7) is 4.11. The van der Waals surface area contributed by atoms with Crippen LogP contribution in [0.2, 0.25) is 0 Å². The first-order chi connectivity index (χ1) is 8.54. The van der Waals surface area contributed by atoms with Crippen LogP contribution in [0.4, 0.5) is 0 Å². The van der Waals surface area contributed by atoms with Crippen LogP contribution in [0.3, 0.4) is 0 Å². The van der Waals surface area contributed by atoms with Crippen molar-refractivity contribution in [1.29, 1.82) is 0 Å². The second kappa shape index (κ2) is 6.83. The average molecular weight is 252 g/mol. The van der Waals surface area contributed by atoms with E-state index in [4.69, 9.17) is 5.11 Å². The number of aromatic nitrogens is 1. The number of nitrogens with one attached hydrogen (secondary N) is 1. The number of rotatable bonds is 7. The van der Waals surface area contributed by atoms with E-state index in [1.54, 1.807) is 12.3 Å². The number of carbonyl (C=O) groups excluding carboxylic acids is 1. The number of carboxylic acids is 1. The van der Waals surface area contributed by atoms with Gasteiger partial charge in [0.1, 0.15) is 12.2 Å². The lowest BCUT2D eigenvalue weighted by Gasteiger charge is -2.14. The van der Waals surface area contributed by atoms with Gasteiger partial charge >= 0.3 is 5.97 Å². The Labute approximate surface area is 107 Å². The fraction of sp³-hybridized carbons (Fsp3) is 0.538. The lowest BCUT2D eigenvalue weighted by molar-refractivity contribution is -0.122. The summed E-state index contributed by atoms with van der Waals surface area (Å²) < 4.78 is 1.43. The van der Waals surface area contributed by atoms with E-state index in [0.29, 0.717) is 0 Å². The standard InChI is InChI=1S/C13H20N2O3/c1-3-4-6-10(2)14-12(16)9-15-8-5-7-11(15)13(17)18/h5,7-8,10H,3-4,6,9H2,1-2H3,(H,14,16)(H,17,18). The van der Waals surface area contributed by atoms with E-state index in [1.807, 2.05) is 6.92 Å². The molecule has 0 aromatic carbocycles. The van der Waals surface area contributed by atoms with Crippen molar-refractivity contribution in [2.45, 2.75) is 45.7 Å². The molecule has 18 heavy (non-hydrogen) atoms. The number of hydrogen-bond donors (Lipinski definition) is 2. The second-order valence-electron chi connectivity index (χ2n) is 4.44. The molecule has 0 fully saturated rings. The van der Waals surface area contributed by atoms with Gasteiger partial charge in [0.25, 0.3) is 0 Å². The van der Waals surface area contributed by atoms with Gasteiger partial charge in [0, 0.05) is 12.2 Å². The Balaban J connectivity index is 2.49. The molecule has 0 aliphatic rings. The van der Waals surface area contributed by atoms with Gasteiger partial charge < -0.3 is 15.0 Å². The minimum atomic E-state index is -1.02. The van der Waals surface area contributed by atoms with Gasteiger partial charge in [-0.1, -0.05) is 19.8 Å². The molecule has 1 amide bonds. The van der Waals surface area contributed by atoms with E-state index in [1.165, 1.54) is 10.6 Å². The molecule has 1 aromatic rings. The molecule has 0 bridgehead atoms. The third-order valence-electron chi connectivity index (χ3n) is 2.76. The van der Waals surface area contributed by atoms with Crippen LogP contribution in [-0.2, 0) is 11.3 Å². The van der Waals surface area contributed by atoms with Crippen molar-refractivity contribution < 1.29 is 14.7 Å². The molecule has 5 heteroatoms. The summed E-state index contributed by atoms with van der Waals surface area (Å²) in [6.07, 6.45) is 4.71. The maximum Gasteiger partial charge on any atom is 0.352 e. The number of carbonyl (C=O) groups is 2. The molecule has 2 N–H and O–H groups in total. The number of nitrogens with zero attached hydrogens (tertiary/aromatic N) is 1. The van der Waals surface area contributed by atoms with E-state index in [2.05, 4.69) is 12.2 Å². The summed E-state index contributed by atoms with van der Waals surface area (Å²) in [4.78, 5) is 22.6. The van der Waals surface area contributed by atoms with Gasteiger partial charge in [0.05, 0.1) is 0 Å². The van der Waals surface area contributed by atoms with E-state index in [-0.39, 0.29) is 24.2 Å². The summed E-state index contributed by atoms with van der Waals surface area (Å²) in [5.74, 6) is -1.18. The molecular formula is C13H20N2O3. The monoisotopic (exact) mass is 252 g/mol. The highest BCUT2D eigenvalue weighted by Gasteiger charge is 2.12.